The summed E-state index contributed by atoms with van der Waals surface area (Å²) in [7, 11) is 0. The topological polar surface area (TPSA) is 82.6 Å². The number of hydrogen-bond donors (Lipinski definition) is 0. The number of ketones is 1. The quantitative estimate of drug-likeness (QED) is 0.557. The van der Waals surface area contributed by atoms with Crippen LogP contribution in [0.2, 0.25) is 0 Å². The lowest BCUT2D eigenvalue weighted by atomic mass is 10.0. The molecule has 1 aromatic heterocycles. The maximum Gasteiger partial charge on any atom is 0.328 e. The second kappa shape index (κ2) is 7.74. The molecule has 0 aromatic carbocycles. The van der Waals surface area contributed by atoms with Gasteiger partial charge in [0.1, 0.15) is 5.01 Å². The lowest BCUT2D eigenvalue weighted by Crippen LogP contribution is -2.35. The summed E-state index contributed by atoms with van der Waals surface area (Å²) in [6.45, 7) is 5.21. The van der Waals surface area contributed by atoms with Gasteiger partial charge in [0.25, 0.3) is 0 Å². The average Bonchev–Trinajstić information content (AvgIpc) is 2.75. The molecule has 20 heavy (non-hydrogen) atoms. The number of carbonyl (C=O) groups excluding carboxylic acids is 3. The molecule has 0 aliphatic carbocycles. The van der Waals surface area contributed by atoms with E-state index in [0.29, 0.717) is 5.01 Å². The van der Waals surface area contributed by atoms with Crippen molar-refractivity contribution in [1.29, 1.82) is 0 Å². The van der Waals surface area contributed by atoms with E-state index in [1.807, 2.05) is 0 Å². The normalized spacial score (nSPS) is 10.4. The van der Waals surface area contributed by atoms with Crippen LogP contribution in [-0.4, -0.2) is 35.9 Å². The van der Waals surface area contributed by atoms with Crippen LogP contribution in [0.4, 0.5) is 0 Å². The van der Waals surface area contributed by atoms with Crippen LogP contribution >= 0.6 is 11.3 Å². The maximum atomic E-state index is 12.1. The molecule has 0 fully saturated rings. The summed E-state index contributed by atoms with van der Waals surface area (Å²) >= 11 is 1.31. The third kappa shape index (κ3) is 4.41. The summed E-state index contributed by atoms with van der Waals surface area (Å²) in [4.78, 5) is 39.7. The zero-order valence-electron chi connectivity index (χ0n) is 11.7. The molecular weight excluding hydrogens is 282 g/mol. The van der Waals surface area contributed by atoms with Gasteiger partial charge >= 0.3 is 11.9 Å². The van der Waals surface area contributed by atoms with Gasteiger partial charge in [-0.25, -0.2) is 4.98 Å². The minimum atomic E-state index is -1.53. The van der Waals surface area contributed by atoms with Crippen LogP contribution in [-0.2, 0) is 30.3 Å². The Morgan fingerprint density at radius 1 is 1.20 bits per heavy atom. The second-order valence-corrected chi connectivity index (χ2v) is 4.91. The van der Waals surface area contributed by atoms with Crippen LogP contribution in [0.15, 0.2) is 5.38 Å². The molecule has 0 aliphatic heterocycles. The predicted octanol–water partition coefficient (Wildman–Crippen LogP) is 1.31. The zero-order chi connectivity index (χ0) is 15.1. The molecule has 1 heterocycles. The second-order valence-electron chi connectivity index (χ2n) is 3.96. The molecule has 0 unspecified atom stereocenters. The molecule has 0 saturated carbocycles. The third-order valence-corrected chi connectivity index (χ3v) is 3.33. The van der Waals surface area contributed by atoms with Gasteiger partial charge in [0.2, 0.25) is 5.92 Å². The molecular formula is C13H17NO5S. The first-order valence-electron chi connectivity index (χ1n) is 6.26. The molecule has 0 aliphatic rings. The molecule has 7 heteroatoms. The Morgan fingerprint density at radius 3 is 2.15 bits per heavy atom. The number of Topliss-reactive ketones (excluding diaryl/α,β-unsaturated/α-hetero) is 1. The lowest BCUT2D eigenvalue weighted by Gasteiger charge is -2.12. The van der Waals surface area contributed by atoms with Gasteiger partial charge in [0, 0.05) is 11.1 Å². The van der Waals surface area contributed by atoms with Crippen molar-refractivity contribution in [2.24, 2.45) is 5.92 Å². The van der Waals surface area contributed by atoms with Crippen LogP contribution in [0.5, 0.6) is 0 Å². The van der Waals surface area contributed by atoms with Crippen molar-refractivity contribution >= 4 is 29.1 Å². The summed E-state index contributed by atoms with van der Waals surface area (Å²) in [6, 6.07) is 0. The van der Waals surface area contributed by atoms with Crippen LogP contribution in [0.3, 0.4) is 0 Å². The van der Waals surface area contributed by atoms with Crippen molar-refractivity contribution < 1.29 is 23.9 Å². The van der Waals surface area contributed by atoms with E-state index >= 15 is 0 Å². The van der Waals surface area contributed by atoms with E-state index in [2.05, 4.69) is 4.98 Å². The molecule has 1 aromatic rings. The Morgan fingerprint density at radius 2 is 1.75 bits per heavy atom. The zero-order valence-corrected chi connectivity index (χ0v) is 12.5. The van der Waals surface area contributed by atoms with Crippen molar-refractivity contribution in [2.75, 3.05) is 13.2 Å². The van der Waals surface area contributed by atoms with Gasteiger partial charge in [-0.2, -0.15) is 0 Å². The fourth-order valence-corrected chi connectivity index (χ4v) is 2.33. The van der Waals surface area contributed by atoms with Crippen molar-refractivity contribution in [2.45, 2.75) is 27.2 Å². The first-order valence-corrected chi connectivity index (χ1v) is 7.14. The van der Waals surface area contributed by atoms with Gasteiger partial charge < -0.3 is 9.47 Å². The van der Waals surface area contributed by atoms with E-state index in [1.165, 1.54) is 11.3 Å². The largest absolute Gasteiger partial charge is 0.465 e. The van der Waals surface area contributed by atoms with Gasteiger partial charge in [0.15, 0.2) is 5.78 Å². The molecule has 6 nitrogen and oxygen atoms in total. The molecule has 0 amide bonds. The highest BCUT2D eigenvalue weighted by Crippen LogP contribution is 2.14. The highest BCUT2D eigenvalue weighted by Gasteiger charge is 2.36. The minimum absolute atomic E-state index is 0.0825. The number of carbonyl (C=O) groups is 3. The molecule has 0 saturated heterocycles. The standard InChI is InChI=1S/C13H17NO5S/c1-4-18-12(16)11(13(17)19-5-2)9(15)6-10-14-8(3)7-20-10/h7,11H,4-6H2,1-3H3. The first kappa shape index (κ1) is 16.3. The van der Waals surface area contributed by atoms with Crippen LogP contribution in [0, 0.1) is 12.8 Å². The van der Waals surface area contributed by atoms with Gasteiger partial charge in [-0.3, -0.25) is 14.4 Å². The van der Waals surface area contributed by atoms with Crippen molar-refractivity contribution in [3.05, 3.63) is 16.1 Å². The van der Waals surface area contributed by atoms with E-state index in [0.717, 1.165) is 5.69 Å². The highest BCUT2D eigenvalue weighted by molar-refractivity contribution is 7.09. The molecule has 0 spiro atoms. The number of aromatic nitrogens is 1. The van der Waals surface area contributed by atoms with Gasteiger partial charge in [-0.05, 0) is 20.8 Å². The number of rotatable bonds is 7. The van der Waals surface area contributed by atoms with E-state index in [9.17, 15) is 14.4 Å². The number of ether oxygens (including phenoxy) is 2. The summed E-state index contributed by atoms with van der Waals surface area (Å²) in [5.41, 5.74) is 0.793. The van der Waals surface area contributed by atoms with Crippen LogP contribution in [0.25, 0.3) is 0 Å². The van der Waals surface area contributed by atoms with Gasteiger partial charge in [-0.1, -0.05) is 0 Å². The molecule has 0 atom stereocenters. The molecule has 110 valence electrons. The highest BCUT2D eigenvalue weighted by atomic mass is 32.1. The van der Waals surface area contributed by atoms with Crippen molar-refractivity contribution in [3.8, 4) is 0 Å². The Balaban J connectivity index is 2.83. The molecule has 0 radical (unpaired) electrons. The van der Waals surface area contributed by atoms with Crippen LogP contribution in [0.1, 0.15) is 24.5 Å². The van der Waals surface area contributed by atoms with Crippen molar-refractivity contribution in [3.63, 3.8) is 0 Å². The van der Waals surface area contributed by atoms with Crippen LogP contribution < -0.4 is 0 Å². The van der Waals surface area contributed by atoms with E-state index in [-0.39, 0.29) is 19.6 Å². The third-order valence-electron chi connectivity index (χ3n) is 2.36. The Bertz CT molecular complexity index is 479. The monoisotopic (exact) mass is 299 g/mol. The SMILES string of the molecule is CCOC(=O)C(C(=O)Cc1nc(C)cs1)C(=O)OCC. The Labute approximate surface area is 121 Å². The van der Waals surface area contributed by atoms with Gasteiger partial charge in [-0.15, -0.1) is 11.3 Å². The summed E-state index contributed by atoms with van der Waals surface area (Å²) in [6.07, 6.45) is -0.0825. The summed E-state index contributed by atoms with van der Waals surface area (Å²) < 4.78 is 9.52. The predicted molar refractivity (Wildman–Crippen MR) is 72.3 cm³/mol. The number of hydrogen-bond acceptors (Lipinski definition) is 7. The van der Waals surface area contributed by atoms with E-state index < -0.39 is 23.6 Å². The first-order chi connectivity index (χ1) is 9.49. The number of esters is 2. The average molecular weight is 299 g/mol. The van der Waals surface area contributed by atoms with Gasteiger partial charge in [0.05, 0.1) is 19.6 Å². The van der Waals surface area contributed by atoms with E-state index in [4.69, 9.17) is 9.47 Å². The fourth-order valence-electron chi connectivity index (χ4n) is 1.55. The molecule has 0 N–H and O–H groups in total. The Kier molecular flexibility index (Phi) is 6.30. The van der Waals surface area contributed by atoms with Crippen molar-refractivity contribution in [1.82, 2.24) is 4.98 Å². The van der Waals surface area contributed by atoms with E-state index in [1.54, 1.807) is 26.2 Å². The number of nitrogens with zero attached hydrogens (tertiary/aromatic N) is 1. The maximum absolute atomic E-state index is 12.1. The minimum Gasteiger partial charge on any atom is -0.465 e. The number of thiazole rings is 1. The summed E-state index contributed by atoms with van der Waals surface area (Å²) in [5, 5.41) is 2.36. The molecule has 0 bridgehead atoms. The smallest absolute Gasteiger partial charge is 0.328 e. The fraction of sp³-hybridized carbons (Fsp3) is 0.538. The lowest BCUT2D eigenvalue weighted by molar-refractivity contribution is -0.163. The Hall–Kier alpha value is -1.76. The molecule has 1 rings (SSSR count). The summed E-state index contributed by atoms with van der Waals surface area (Å²) in [5.74, 6) is -3.83. The number of aryl methyl sites for hydroxylation is 1.